The van der Waals surface area contributed by atoms with Crippen molar-refractivity contribution in [3.63, 3.8) is 0 Å². The number of rotatable bonds is 3. The largest absolute Gasteiger partial charge is 0.321 e. The lowest BCUT2D eigenvalue weighted by atomic mass is 10.2. The number of hydrazine groups is 1. The van der Waals surface area contributed by atoms with Crippen LogP contribution in [0.5, 0.6) is 0 Å². The van der Waals surface area contributed by atoms with Crippen LogP contribution < -0.4 is 16.6 Å². The molecule has 18 heavy (non-hydrogen) atoms. The molecule has 0 saturated carbocycles. The minimum Gasteiger partial charge on any atom is -0.321 e. The zero-order chi connectivity index (χ0) is 13.0. The van der Waals surface area contributed by atoms with Crippen molar-refractivity contribution in [2.75, 3.05) is 10.7 Å². The van der Waals surface area contributed by atoms with Crippen molar-refractivity contribution in [2.24, 2.45) is 5.84 Å². The Balaban J connectivity index is 2.21. The third-order valence-electron chi connectivity index (χ3n) is 2.12. The summed E-state index contributed by atoms with van der Waals surface area (Å²) in [5, 5.41) is 2.86. The molecule has 0 bridgehead atoms. The zero-order valence-electron chi connectivity index (χ0n) is 9.22. The summed E-state index contributed by atoms with van der Waals surface area (Å²) in [6.45, 7) is 0. The molecule has 0 aliphatic carbocycles. The lowest BCUT2D eigenvalue weighted by Gasteiger charge is -2.06. The monoisotopic (exact) mass is 263 g/mol. The normalized spacial score (nSPS) is 9.89. The molecule has 0 spiro atoms. The van der Waals surface area contributed by atoms with Gasteiger partial charge in [0, 0.05) is 11.8 Å². The number of hydrogen-bond donors (Lipinski definition) is 3. The third kappa shape index (κ3) is 2.93. The van der Waals surface area contributed by atoms with E-state index in [1.807, 2.05) is 0 Å². The standard InChI is InChI=1S/C11H10ClN5O/c12-9-4-7(5-10(16-9)17-13)11(18)15-8-2-1-3-14-6-8/h1-6H,13H2,(H,15,18)(H,16,17). The van der Waals surface area contributed by atoms with Gasteiger partial charge >= 0.3 is 0 Å². The smallest absolute Gasteiger partial charge is 0.255 e. The van der Waals surface area contributed by atoms with Crippen LogP contribution in [0, 0.1) is 0 Å². The molecule has 0 atom stereocenters. The Morgan fingerprint density at radius 1 is 1.39 bits per heavy atom. The number of nitrogens with two attached hydrogens (primary N) is 1. The summed E-state index contributed by atoms with van der Waals surface area (Å²) < 4.78 is 0. The minimum absolute atomic E-state index is 0.182. The van der Waals surface area contributed by atoms with Crippen molar-refractivity contribution in [3.8, 4) is 0 Å². The molecule has 0 fully saturated rings. The molecule has 2 aromatic heterocycles. The molecule has 0 aliphatic heterocycles. The fourth-order valence-corrected chi connectivity index (χ4v) is 1.55. The predicted molar refractivity (Wildman–Crippen MR) is 69.2 cm³/mol. The maximum Gasteiger partial charge on any atom is 0.255 e. The van der Waals surface area contributed by atoms with Gasteiger partial charge in [-0.3, -0.25) is 9.78 Å². The van der Waals surface area contributed by atoms with Gasteiger partial charge in [0.15, 0.2) is 0 Å². The van der Waals surface area contributed by atoms with Crippen LogP contribution in [0.2, 0.25) is 5.15 Å². The molecule has 0 saturated heterocycles. The second-order valence-corrected chi connectivity index (χ2v) is 3.79. The van der Waals surface area contributed by atoms with Gasteiger partial charge in [-0.2, -0.15) is 0 Å². The Hall–Kier alpha value is -2.18. The molecule has 92 valence electrons. The molecular weight excluding hydrogens is 254 g/mol. The van der Waals surface area contributed by atoms with Crippen LogP contribution in [-0.2, 0) is 0 Å². The van der Waals surface area contributed by atoms with Crippen LogP contribution >= 0.6 is 11.6 Å². The van der Waals surface area contributed by atoms with Crippen molar-refractivity contribution in [1.29, 1.82) is 0 Å². The topological polar surface area (TPSA) is 92.9 Å². The van der Waals surface area contributed by atoms with Gasteiger partial charge in [-0.05, 0) is 24.3 Å². The van der Waals surface area contributed by atoms with Gasteiger partial charge in [0.2, 0.25) is 0 Å². The van der Waals surface area contributed by atoms with Gasteiger partial charge in [0.25, 0.3) is 5.91 Å². The molecule has 2 rings (SSSR count). The predicted octanol–water partition coefficient (Wildman–Crippen LogP) is 1.67. The number of halogens is 1. The van der Waals surface area contributed by atoms with E-state index in [4.69, 9.17) is 17.4 Å². The number of aromatic nitrogens is 2. The summed E-state index contributed by atoms with van der Waals surface area (Å²) in [4.78, 5) is 19.7. The van der Waals surface area contributed by atoms with E-state index in [2.05, 4.69) is 20.7 Å². The van der Waals surface area contributed by atoms with Crippen LogP contribution in [0.3, 0.4) is 0 Å². The molecule has 0 aromatic carbocycles. The molecular formula is C11H10ClN5O. The molecule has 0 unspecified atom stereocenters. The minimum atomic E-state index is -0.316. The van der Waals surface area contributed by atoms with Crippen LogP contribution in [-0.4, -0.2) is 15.9 Å². The highest BCUT2D eigenvalue weighted by Gasteiger charge is 2.09. The van der Waals surface area contributed by atoms with Crippen LogP contribution in [0.15, 0.2) is 36.7 Å². The van der Waals surface area contributed by atoms with Gasteiger partial charge < -0.3 is 10.7 Å². The second kappa shape index (κ2) is 5.44. The molecule has 2 heterocycles. The highest BCUT2D eigenvalue weighted by atomic mass is 35.5. The Labute approximate surface area is 108 Å². The maximum atomic E-state index is 11.9. The first-order valence-corrected chi connectivity index (χ1v) is 5.42. The first kappa shape index (κ1) is 12.3. The van der Waals surface area contributed by atoms with Gasteiger partial charge in [-0.15, -0.1) is 0 Å². The Bertz CT molecular complexity index is 561. The molecule has 1 amide bonds. The van der Waals surface area contributed by atoms with E-state index in [0.29, 0.717) is 17.1 Å². The van der Waals surface area contributed by atoms with E-state index >= 15 is 0 Å². The number of hydrogen-bond acceptors (Lipinski definition) is 5. The molecule has 4 N–H and O–H groups in total. The van der Waals surface area contributed by atoms with E-state index < -0.39 is 0 Å². The summed E-state index contributed by atoms with van der Waals surface area (Å²) in [5.41, 5.74) is 3.29. The number of nitrogen functional groups attached to an aromatic ring is 1. The molecule has 0 radical (unpaired) electrons. The number of nitrogens with one attached hydrogen (secondary N) is 2. The van der Waals surface area contributed by atoms with Crippen molar-refractivity contribution >= 4 is 29.0 Å². The fourth-order valence-electron chi connectivity index (χ4n) is 1.34. The fraction of sp³-hybridized carbons (Fsp3) is 0. The van der Waals surface area contributed by atoms with Crippen LogP contribution in [0.25, 0.3) is 0 Å². The van der Waals surface area contributed by atoms with Gasteiger partial charge in [-0.1, -0.05) is 11.6 Å². The molecule has 0 aliphatic rings. The first-order chi connectivity index (χ1) is 8.69. The van der Waals surface area contributed by atoms with Crippen molar-refractivity contribution in [2.45, 2.75) is 0 Å². The highest BCUT2D eigenvalue weighted by Crippen LogP contribution is 2.15. The molecule has 7 heteroatoms. The number of anilines is 2. The highest BCUT2D eigenvalue weighted by molar-refractivity contribution is 6.30. The van der Waals surface area contributed by atoms with Gasteiger partial charge in [-0.25, -0.2) is 10.8 Å². The van der Waals surface area contributed by atoms with Crippen molar-refractivity contribution < 1.29 is 4.79 Å². The zero-order valence-corrected chi connectivity index (χ0v) is 9.98. The van der Waals surface area contributed by atoms with Gasteiger partial charge in [0.1, 0.15) is 11.0 Å². The van der Waals surface area contributed by atoms with E-state index in [1.165, 1.54) is 12.1 Å². The summed E-state index contributed by atoms with van der Waals surface area (Å²) in [5.74, 6) is 5.23. The van der Waals surface area contributed by atoms with E-state index in [1.54, 1.807) is 24.5 Å². The number of nitrogens with zero attached hydrogens (tertiary/aromatic N) is 2. The second-order valence-electron chi connectivity index (χ2n) is 3.40. The van der Waals surface area contributed by atoms with Crippen molar-refractivity contribution in [1.82, 2.24) is 9.97 Å². The lowest BCUT2D eigenvalue weighted by Crippen LogP contribution is -2.14. The van der Waals surface area contributed by atoms with Crippen LogP contribution in [0.4, 0.5) is 11.5 Å². The maximum absolute atomic E-state index is 11.9. The lowest BCUT2D eigenvalue weighted by molar-refractivity contribution is 0.102. The molecule has 2 aromatic rings. The number of pyridine rings is 2. The third-order valence-corrected chi connectivity index (χ3v) is 2.32. The Morgan fingerprint density at radius 3 is 2.89 bits per heavy atom. The number of carbonyl (C=O) groups is 1. The quantitative estimate of drug-likeness (QED) is 0.445. The number of amides is 1. The van der Waals surface area contributed by atoms with E-state index in [-0.39, 0.29) is 11.1 Å². The number of carbonyl (C=O) groups excluding carboxylic acids is 1. The van der Waals surface area contributed by atoms with E-state index in [9.17, 15) is 4.79 Å². The van der Waals surface area contributed by atoms with Crippen molar-refractivity contribution in [3.05, 3.63) is 47.4 Å². The average Bonchev–Trinajstić information content (AvgIpc) is 2.39. The Kier molecular flexibility index (Phi) is 3.71. The SMILES string of the molecule is NNc1cc(C(=O)Nc2cccnc2)cc(Cl)n1. The van der Waals surface area contributed by atoms with E-state index in [0.717, 1.165) is 0 Å². The Morgan fingerprint density at radius 2 is 2.22 bits per heavy atom. The van der Waals surface area contributed by atoms with Crippen LogP contribution in [0.1, 0.15) is 10.4 Å². The summed E-state index contributed by atoms with van der Waals surface area (Å²) >= 11 is 5.78. The average molecular weight is 264 g/mol. The first-order valence-electron chi connectivity index (χ1n) is 5.04. The summed E-state index contributed by atoms with van der Waals surface area (Å²) in [6, 6.07) is 6.41. The summed E-state index contributed by atoms with van der Waals surface area (Å²) in [7, 11) is 0. The van der Waals surface area contributed by atoms with Gasteiger partial charge in [0.05, 0.1) is 11.9 Å². The molecule has 6 nitrogen and oxygen atoms in total. The summed E-state index contributed by atoms with van der Waals surface area (Å²) in [6.07, 6.45) is 3.16.